The van der Waals surface area contributed by atoms with E-state index >= 15 is 0 Å². The standard InChI is InChI=1S/C10H10F3N3O/c11-10(12,13)7-4-6(5-16-9(7)15)2-1-3-8(14)17/h1-2,4-5H,3H2,(H2,14,17)(H2,15,16). The molecule has 1 amide bonds. The highest BCUT2D eigenvalue weighted by Crippen LogP contribution is 2.33. The first-order valence-corrected chi connectivity index (χ1v) is 4.58. The van der Waals surface area contributed by atoms with E-state index < -0.39 is 23.5 Å². The Morgan fingerprint density at radius 2 is 2.12 bits per heavy atom. The summed E-state index contributed by atoms with van der Waals surface area (Å²) < 4.78 is 37.4. The maximum absolute atomic E-state index is 12.5. The first kappa shape index (κ1) is 13.0. The van der Waals surface area contributed by atoms with Crippen molar-refractivity contribution < 1.29 is 18.0 Å². The Bertz CT molecular complexity index is 455. The van der Waals surface area contributed by atoms with E-state index in [2.05, 4.69) is 4.98 Å². The van der Waals surface area contributed by atoms with E-state index in [1.54, 1.807) is 0 Å². The molecule has 0 saturated carbocycles. The average molecular weight is 245 g/mol. The fourth-order valence-corrected chi connectivity index (χ4v) is 1.12. The summed E-state index contributed by atoms with van der Waals surface area (Å²) in [6.07, 6.45) is -0.736. The molecular formula is C10H10F3N3O. The van der Waals surface area contributed by atoms with Gasteiger partial charge in [0, 0.05) is 12.6 Å². The van der Waals surface area contributed by atoms with Crippen LogP contribution in [0.4, 0.5) is 19.0 Å². The largest absolute Gasteiger partial charge is 0.419 e. The van der Waals surface area contributed by atoms with Gasteiger partial charge >= 0.3 is 6.18 Å². The minimum absolute atomic E-state index is 0.0499. The molecule has 1 heterocycles. The van der Waals surface area contributed by atoms with Gasteiger partial charge in [0.15, 0.2) is 0 Å². The Hall–Kier alpha value is -2.05. The second-order valence-corrected chi connectivity index (χ2v) is 3.27. The lowest BCUT2D eigenvalue weighted by Crippen LogP contribution is -2.10. The van der Waals surface area contributed by atoms with Crippen molar-refractivity contribution in [2.45, 2.75) is 12.6 Å². The van der Waals surface area contributed by atoms with Crippen molar-refractivity contribution in [1.82, 2.24) is 4.98 Å². The molecule has 0 bridgehead atoms. The molecule has 1 rings (SSSR count). The molecule has 0 saturated heterocycles. The maximum atomic E-state index is 12.5. The van der Waals surface area contributed by atoms with E-state index in [0.29, 0.717) is 0 Å². The number of aromatic nitrogens is 1. The molecule has 0 spiro atoms. The van der Waals surface area contributed by atoms with Crippen molar-refractivity contribution >= 4 is 17.8 Å². The minimum atomic E-state index is -4.55. The number of pyridine rings is 1. The van der Waals surface area contributed by atoms with Crippen molar-refractivity contribution in [2.75, 3.05) is 5.73 Å². The summed E-state index contributed by atoms with van der Waals surface area (Å²) in [5.41, 5.74) is 9.20. The van der Waals surface area contributed by atoms with E-state index in [-0.39, 0.29) is 12.0 Å². The molecule has 0 unspecified atom stereocenters. The Labute approximate surface area is 95.1 Å². The van der Waals surface area contributed by atoms with Crippen LogP contribution >= 0.6 is 0 Å². The van der Waals surface area contributed by atoms with Crippen LogP contribution in [0.15, 0.2) is 18.3 Å². The predicted molar refractivity (Wildman–Crippen MR) is 56.5 cm³/mol. The zero-order valence-electron chi connectivity index (χ0n) is 8.66. The van der Waals surface area contributed by atoms with Crippen molar-refractivity contribution in [3.63, 3.8) is 0 Å². The van der Waals surface area contributed by atoms with Gasteiger partial charge in [-0.25, -0.2) is 4.98 Å². The van der Waals surface area contributed by atoms with E-state index in [9.17, 15) is 18.0 Å². The number of carbonyl (C=O) groups is 1. The maximum Gasteiger partial charge on any atom is 0.419 e. The van der Waals surface area contributed by atoms with Gasteiger partial charge in [-0.15, -0.1) is 0 Å². The normalized spacial score (nSPS) is 11.9. The van der Waals surface area contributed by atoms with Crippen LogP contribution in [-0.4, -0.2) is 10.9 Å². The molecule has 4 N–H and O–H groups in total. The average Bonchev–Trinajstić information content (AvgIpc) is 2.18. The number of nitrogen functional groups attached to an aromatic ring is 1. The number of alkyl halides is 3. The summed E-state index contributed by atoms with van der Waals surface area (Å²) >= 11 is 0. The third-order valence-corrected chi connectivity index (χ3v) is 1.87. The molecule has 0 atom stereocenters. The number of nitrogens with two attached hydrogens (primary N) is 2. The van der Waals surface area contributed by atoms with Crippen LogP contribution in [0.1, 0.15) is 17.5 Å². The highest BCUT2D eigenvalue weighted by Gasteiger charge is 2.33. The Balaban J connectivity index is 2.97. The van der Waals surface area contributed by atoms with Crippen LogP contribution in [0.25, 0.3) is 6.08 Å². The van der Waals surface area contributed by atoms with Crippen LogP contribution in [0.3, 0.4) is 0 Å². The topological polar surface area (TPSA) is 82.0 Å². The van der Waals surface area contributed by atoms with Crippen molar-refractivity contribution in [3.8, 4) is 0 Å². The molecule has 0 aromatic carbocycles. The van der Waals surface area contributed by atoms with Crippen molar-refractivity contribution in [2.24, 2.45) is 5.73 Å². The summed E-state index contributed by atoms with van der Waals surface area (Å²) in [4.78, 5) is 13.9. The number of hydrogen-bond acceptors (Lipinski definition) is 3. The Kier molecular flexibility index (Phi) is 3.72. The first-order valence-electron chi connectivity index (χ1n) is 4.58. The molecule has 92 valence electrons. The van der Waals surface area contributed by atoms with Gasteiger partial charge in [-0.1, -0.05) is 12.2 Å². The van der Waals surface area contributed by atoms with Gasteiger partial charge in [0.2, 0.25) is 5.91 Å². The van der Waals surface area contributed by atoms with Crippen molar-refractivity contribution in [3.05, 3.63) is 29.5 Å². The number of halogens is 3. The van der Waals surface area contributed by atoms with Crippen LogP contribution < -0.4 is 11.5 Å². The fourth-order valence-electron chi connectivity index (χ4n) is 1.12. The molecule has 7 heteroatoms. The van der Waals surface area contributed by atoms with Crippen LogP contribution in [0.2, 0.25) is 0 Å². The zero-order chi connectivity index (χ0) is 13.1. The number of rotatable bonds is 3. The number of carbonyl (C=O) groups excluding carboxylic acids is 1. The van der Waals surface area contributed by atoms with Crippen molar-refractivity contribution in [1.29, 1.82) is 0 Å². The molecule has 0 aliphatic carbocycles. The molecular weight excluding hydrogens is 235 g/mol. The number of hydrogen-bond donors (Lipinski definition) is 2. The summed E-state index contributed by atoms with van der Waals surface area (Å²) in [5, 5.41) is 0. The Morgan fingerprint density at radius 3 is 2.65 bits per heavy atom. The molecule has 0 aliphatic heterocycles. The molecule has 0 radical (unpaired) electrons. The van der Waals surface area contributed by atoms with Crippen LogP contribution in [0, 0.1) is 0 Å². The van der Waals surface area contributed by atoms with Gasteiger partial charge in [0.25, 0.3) is 0 Å². The van der Waals surface area contributed by atoms with Gasteiger partial charge in [0.1, 0.15) is 5.82 Å². The third kappa shape index (κ3) is 3.78. The third-order valence-electron chi connectivity index (χ3n) is 1.87. The molecule has 0 fully saturated rings. The predicted octanol–water partition coefficient (Wildman–Crippen LogP) is 1.57. The number of nitrogens with zero attached hydrogens (tertiary/aromatic N) is 1. The van der Waals surface area contributed by atoms with Crippen LogP contribution in [-0.2, 0) is 11.0 Å². The van der Waals surface area contributed by atoms with E-state index in [4.69, 9.17) is 11.5 Å². The van der Waals surface area contributed by atoms with Gasteiger partial charge in [-0.3, -0.25) is 4.79 Å². The molecule has 17 heavy (non-hydrogen) atoms. The van der Waals surface area contributed by atoms with E-state index in [1.807, 2.05) is 0 Å². The monoisotopic (exact) mass is 245 g/mol. The minimum Gasteiger partial charge on any atom is -0.383 e. The highest BCUT2D eigenvalue weighted by atomic mass is 19.4. The number of primary amides is 1. The molecule has 0 aliphatic rings. The summed E-state index contributed by atoms with van der Waals surface area (Å²) in [6, 6.07) is 0.861. The van der Waals surface area contributed by atoms with Gasteiger partial charge in [-0.2, -0.15) is 13.2 Å². The summed E-state index contributed by atoms with van der Waals surface area (Å²) in [6.45, 7) is 0. The lowest BCUT2D eigenvalue weighted by Gasteiger charge is -2.09. The van der Waals surface area contributed by atoms with Gasteiger partial charge in [-0.05, 0) is 11.6 Å². The second kappa shape index (κ2) is 4.86. The zero-order valence-corrected chi connectivity index (χ0v) is 8.66. The molecule has 1 aromatic heterocycles. The number of anilines is 1. The molecule has 1 aromatic rings. The first-order chi connectivity index (χ1) is 7.80. The lowest BCUT2D eigenvalue weighted by molar-refractivity contribution is -0.137. The van der Waals surface area contributed by atoms with E-state index in [1.165, 1.54) is 18.3 Å². The van der Waals surface area contributed by atoms with Gasteiger partial charge in [0.05, 0.1) is 5.56 Å². The van der Waals surface area contributed by atoms with E-state index in [0.717, 1.165) is 6.07 Å². The SMILES string of the molecule is NC(=O)CC=Cc1cnc(N)c(C(F)(F)F)c1. The quantitative estimate of drug-likeness (QED) is 0.847. The van der Waals surface area contributed by atoms with Crippen LogP contribution in [0.5, 0.6) is 0 Å². The number of amides is 1. The summed E-state index contributed by atoms with van der Waals surface area (Å²) in [5.74, 6) is -1.15. The lowest BCUT2D eigenvalue weighted by atomic mass is 10.1. The van der Waals surface area contributed by atoms with Gasteiger partial charge < -0.3 is 11.5 Å². The second-order valence-electron chi connectivity index (χ2n) is 3.27. The fraction of sp³-hybridized carbons (Fsp3) is 0.200. The summed E-state index contributed by atoms with van der Waals surface area (Å²) in [7, 11) is 0. The molecule has 4 nitrogen and oxygen atoms in total. The highest BCUT2D eigenvalue weighted by molar-refractivity contribution is 5.76. The smallest absolute Gasteiger partial charge is 0.383 e. The Morgan fingerprint density at radius 1 is 1.47 bits per heavy atom.